The van der Waals surface area contributed by atoms with Gasteiger partial charge in [-0.15, -0.1) is 11.3 Å². The molecular formula is C22H18ClN3O4S. The molecule has 7 nitrogen and oxygen atoms in total. The number of para-hydroxylation sites is 3. The van der Waals surface area contributed by atoms with E-state index < -0.39 is 17.2 Å². The molecule has 0 bridgehead atoms. The Morgan fingerprint density at radius 3 is 2.65 bits per heavy atom. The minimum atomic E-state index is -0.633. The third kappa shape index (κ3) is 3.75. The summed E-state index contributed by atoms with van der Waals surface area (Å²) >= 11 is 7.41. The minimum absolute atomic E-state index is 0.286. The highest BCUT2D eigenvalue weighted by Gasteiger charge is 2.20. The average Bonchev–Trinajstić information content (AvgIpc) is 3.24. The smallest absolute Gasteiger partial charge is 0.336 e. The molecule has 0 aliphatic heterocycles. The Morgan fingerprint density at radius 1 is 1.13 bits per heavy atom. The molecule has 9 heteroatoms. The van der Waals surface area contributed by atoms with Gasteiger partial charge in [0.05, 0.1) is 29.0 Å². The first-order valence-corrected chi connectivity index (χ1v) is 10.6. The van der Waals surface area contributed by atoms with Crippen LogP contribution in [0.2, 0.25) is 5.02 Å². The predicted octanol–water partition coefficient (Wildman–Crippen LogP) is 3.82. The van der Waals surface area contributed by atoms with Gasteiger partial charge in [0.2, 0.25) is 5.91 Å². The van der Waals surface area contributed by atoms with Gasteiger partial charge in [-0.2, -0.15) is 0 Å². The molecule has 1 N–H and O–H groups in total. The second-order valence-corrected chi connectivity index (χ2v) is 8.12. The van der Waals surface area contributed by atoms with Gasteiger partial charge in [-0.05, 0) is 42.1 Å². The molecule has 158 valence electrons. The van der Waals surface area contributed by atoms with Gasteiger partial charge in [0.25, 0.3) is 5.56 Å². The van der Waals surface area contributed by atoms with E-state index in [4.69, 9.17) is 16.3 Å². The van der Waals surface area contributed by atoms with Crippen LogP contribution in [0.25, 0.3) is 15.9 Å². The van der Waals surface area contributed by atoms with Crippen LogP contribution in [-0.4, -0.2) is 22.2 Å². The van der Waals surface area contributed by atoms with Gasteiger partial charge in [-0.3, -0.25) is 14.2 Å². The summed E-state index contributed by atoms with van der Waals surface area (Å²) in [7, 11) is 1.46. The summed E-state index contributed by atoms with van der Waals surface area (Å²) in [5, 5.41) is 4.88. The monoisotopic (exact) mass is 455 g/mol. The van der Waals surface area contributed by atoms with Crippen molar-refractivity contribution in [3.8, 4) is 11.4 Å². The molecule has 0 saturated heterocycles. The van der Waals surface area contributed by atoms with Crippen LogP contribution < -0.4 is 21.3 Å². The summed E-state index contributed by atoms with van der Waals surface area (Å²) in [6, 6.07) is 13.7. The highest BCUT2D eigenvalue weighted by atomic mass is 35.5. The van der Waals surface area contributed by atoms with Gasteiger partial charge in [-0.1, -0.05) is 35.9 Å². The number of amides is 1. The van der Waals surface area contributed by atoms with Gasteiger partial charge in [0.1, 0.15) is 17.0 Å². The Balaban J connectivity index is 1.84. The van der Waals surface area contributed by atoms with Crippen LogP contribution in [0.5, 0.6) is 5.75 Å². The molecule has 0 unspecified atom stereocenters. The van der Waals surface area contributed by atoms with Crippen molar-refractivity contribution in [3.63, 3.8) is 0 Å². The molecule has 4 aromatic rings. The third-order valence-electron chi connectivity index (χ3n) is 4.87. The van der Waals surface area contributed by atoms with E-state index in [0.29, 0.717) is 32.4 Å². The van der Waals surface area contributed by atoms with E-state index in [1.54, 1.807) is 47.8 Å². The molecule has 0 saturated carbocycles. The fraction of sp³-hybridized carbons (Fsp3) is 0.136. The number of hydrogen-bond acceptors (Lipinski definition) is 5. The van der Waals surface area contributed by atoms with Crippen LogP contribution in [0, 0.1) is 6.92 Å². The first-order chi connectivity index (χ1) is 14.9. The predicted molar refractivity (Wildman–Crippen MR) is 123 cm³/mol. The number of ether oxygens (including phenoxy) is 1. The Morgan fingerprint density at radius 2 is 1.90 bits per heavy atom. The molecule has 31 heavy (non-hydrogen) atoms. The van der Waals surface area contributed by atoms with E-state index >= 15 is 0 Å². The number of aryl methyl sites for hydroxylation is 1. The Hall–Kier alpha value is -3.36. The van der Waals surface area contributed by atoms with Crippen molar-refractivity contribution in [2.75, 3.05) is 12.4 Å². The SMILES string of the molecule is COc1ccccc1-n1c(=O)c2sccc2n(CC(=O)Nc2c(C)cccc2Cl)c1=O. The average molecular weight is 456 g/mol. The molecule has 2 heterocycles. The van der Waals surface area contributed by atoms with Crippen LogP contribution in [-0.2, 0) is 11.3 Å². The lowest BCUT2D eigenvalue weighted by Gasteiger charge is -2.15. The summed E-state index contributed by atoms with van der Waals surface area (Å²) in [4.78, 5) is 39.3. The van der Waals surface area contributed by atoms with Crippen molar-refractivity contribution >= 4 is 44.7 Å². The number of nitrogens with one attached hydrogen (secondary N) is 1. The van der Waals surface area contributed by atoms with Gasteiger partial charge in [-0.25, -0.2) is 9.36 Å². The number of aromatic nitrogens is 2. The molecule has 4 rings (SSSR count). The molecule has 0 atom stereocenters. The van der Waals surface area contributed by atoms with Crippen LogP contribution in [0.4, 0.5) is 5.69 Å². The van der Waals surface area contributed by atoms with Gasteiger partial charge < -0.3 is 10.1 Å². The fourth-order valence-corrected chi connectivity index (χ4v) is 4.47. The molecule has 0 spiro atoms. The molecule has 0 radical (unpaired) electrons. The normalized spacial score (nSPS) is 10.9. The first-order valence-electron chi connectivity index (χ1n) is 9.33. The maximum absolute atomic E-state index is 13.4. The number of halogens is 1. The maximum atomic E-state index is 13.4. The van der Waals surface area contributed by atoms with Gasteiger partial charge >= 0.3 is 5.69 Å². The highest BCUT2D eigenvalue weighted by molar-refractivity contribution is 7.17. The number of carbonyl (C=O) groups excluding carboxylic acids is 1. The van der Waals surface area contributed by atoms with Crippen molar-refractivity contribution in [1.29, 1.82) is 0 Å². The number of anilines is 1. The molecule has 0 aliphatic rings. The quantitative estimate of drug-likeness (QED) is 0.496. The minimum Gasteiger partial charge on any atom is -0.495 e. The number of fused-ring (bicyclic) bond motifs is 1. The van der Waals surface area contributed by atoms with Crippen molar-refractivity contribution < 1.29 is 9.53 Å². The zero-order valence-electron chi connectivity index (χ0n) is 16.7. The lowest BCUT2D eigenvalue weighted by molar-refractivity contribution is -0.116. The largest absolute Gasteiger partial charge is 0.495 e. The fourth-order valence-electron chi connectivity index (χ4n) is 3.38. The standard InChI is InChI=1S/C22H18ClN3O4S/c1-13-6-5-7-14(23)19(13)24-18(27)12-25-16-10-11-31-20(16)21(28)26(22(25)29)15-8-3-4-9-17(15)30-2/h3-11H,12H2,1-2H3,(H,24,27). The van der Waals surface area contributed by atoms with E-state index in [1.165, 1.54) is 23.0 Å². The van der Waals surface area contributed by atoms with Crippen molar-refractivity contribution in [3.05, 3.63) is 85.3 Å². The molecule has 2 aromatic carbocycles. The first kappa shape index (κ1) is 20.9. The molecule has 2 aromatic heterocycles. The van der Waals surface area contributed by atoms with Crippen molar-refractivity contribution in [2.24, 2.45) is 0 Å². The Labute approximate surface area is 186 Å². The summed E-state index contributed by atoms with van der Waals surface area (Å²) < 4.78 is 8.01. The summed E-state index contributed by atoms with van der Waals surface area (Å²) in [5.41, 5.74) is 0.905. The number of thiophene rings is 1. The second kappa shape index (κ2) is 8.41. The topological polar surface area (TPSA) is 82.3 Å². The highest BCUT2D eigenvalue weighted by Crippen LogP contribution is 2.25. The summed E-state index contributed by atoms with van der Waals surface area (Å²) in [5.74, 6) is -0.0590. The van der Waals surface area contributed by atoms with E-state index in [0.717, 1.165) is 10.1 Å². The van der Waals surface area contributed by atoms with Crippen LogP contribution >= 0.6 is 22.9 Å². The van der Waals surface area contributed by atoms with Gasteiger partial charge in [0, 0.05) is 0 Å². The molecule has 0 fully saturated rings. The number of methoxy groups -OCH3 is 1. The van der Waals surface area contributed by atoms with Crippen LogP contribution in [0.1, 0.15) is 5.56 Å². The van der Waals surface area contributed by atoms with Gasteiger partial charge in [0.15, 0.2) is 0 Å². The van der Waals surface area contributed by atoms with Crippen LogP contribution in [0.3, 0.4) is 0 Å². The number of benzene rings is 2. The summed E-state index contributed by atoms with van der Waals surface area (Å²) in [6.45, 7) is 1.54. The van der Waals surface area contributed by atoms with E-state index in [2.05, 4.69) is 5.32 Å². The van der Waals surface area contributed by atoms with Crippen LogP contribution in [0.15, 0.2) is 63.5 Å². The number of hydrogen-bond donors (Lipinski definition) is 1. The number of rotatable bonds is 5. The summed E-state index contributed by atoms with van der Waals surface area (Å²) in [6.07, 6.45) is 0. The van der Waals surface area contributed by atoms with E-state index in [-0.39, 0.29) is 6.54 Å². The second-order valence-electron chi connectivity index (χ2n) is 6.80. The lowest BCUT2D eigenvalue weighted by Crippen LogP contribution is -2.40. The lowest BCUT2D eigenvalue weighted by atomic mass is 10.2. The zero-order chi connectivity index (χ0) is 22.1. The van der Waals surface area contributed by atoms with E-state index in [1.807, 2.05) is 13.0 Å². The molecule has 0 aliphatic carbocycles. The van der Waals surface area contributed by atoms with E-state index in [9.17, 15) is 14.4 Å². The maximum Gasteiger partial charge on any atom is 0.336 e. The molecule has 1 amide bonds. The third-order valence-corrected chi connectivity index (χ3v) is 6.08. The zero-order valence-corrected chi connectivity index (χ0v) is 18.3. The Kier molecular flexibility index (Phi) is 5.67. The Bertz CT molecular complexity index is 1400. The van der Waals surface area contributed by atoms with Crippen molar-refractivity contribution in [2.45, 2.75) is 13.5 Å². The number of nitrogens with zero attached hydrogens (tertiary/aromatic N) is 2. The molecular weight excluding hydrogens is 438 g/mol. The number of carbonyl (C=O) groups is 1. The van der Waals surface area contributed by atoms with Crippen molar-refractivity contribution in [1.82, 2.24) is 9.13 Å².